The maximum atomic E-state index is 13.3. The van der Waals surface area contributed by atoms with Crippen molar-refractivity contribution in [2.45, 2.75) is 19.8 Å². The molecule has 0 radical (unpaired) electrons. The van der Waals surface area contributed by atoms with Crippen LogP contribution in [-0.2, 0) is 19.1 Å². The highest BCUT2D eigenvalue weighted by atomic mass is 79.9. The molecule has 0 saturated heterocycles. The van der Waals surface area contributed by atoms with Crippen molar-refractivity contribution in [3.8, 4) is 0 Å². The number of hydrogen-bond acceptors (Lipinski definition) is 5. The van der Waals surface area contributed by atoms with Gasteiger partial charge in [0.05, 0.1) is 19.1 Å². The highest BCUT2D eigenvalue weighted by Crippen LogP contribution is 2.67. The molecular weight excluding hydrogens is 424 g/mol. The van der Waals surface area contributed by atoms with E-state index in [9.17, 15) is 14.4 Å². The van der Waals surface area contributed by atoms with Crippen molar-refractivity contribution >= 4 is 33.7 Å². The van der Waals surface area contributed by atoms with E-state index in [-0.39, 0.29) is 19.0 Å². The summed E-state index contributed by atoms with van der Waals surface area (Å²) in [7, 11) is 0. The van der Waals surface area contributed by atoms with Crippen LogP contribution in [0.1, 0.15) is 35.7 Å². The lowest BCUT2D eigenvalue weighted by atomic mass is 9.97. The van der Waals surface area contributed by atoms with Crippen molar-refractivity contribution in [2.75, 3.05) is 13.2 Å². The van der Waals surface area contributed by atoms with Crippen LogP contribution in [0.15, 0.2) is 59.1 Å². The first-order valence-corrected chi connectivity index (χ1v) is 9.96. The van der Waals surface area contributed by atoms with Gasteiger partial charge in [0.2, 0.25) is 0 Å². The minimum Gasteiger partial charge on any atom is -0.465 e. The molecule has 3 rings (SSSR count). The number of hydrogen-bond donors (Lipinski definition) is 0. The fourth-order valence-corrected chi connectivity index (χ4v) is 4.19. The van der Waals surface area contributed by atoms with Crippen LogP contribution in [-0.4, -0.2) is 30.9 Å². The fourth-order valence-electron chi connectivity index (χ4n) is 3.78. The van der Waals surface area contributed by atoms with Gasteiger partial charge in [0, 0.05) is 16.0 Å². The average molecular weight is 445 g/mol. The number of esters is 2. The van der Waals surface area contributed by atoms with Crippen LogP contribution < -0.4 is 0 Å². The lowest BCUT2D eigenvalue weighted by Gasteiger charge is -2.15. The van der Waals surface area contributed by atoms with Crippen LogP contribution in [0.4, 0.5) is 0 Å². The third-order valence-corrected chi connectivity index (χ3v) is 5.47. The number of benzene rings is 2. The van der Waals surface area contributed by atoms with Crippen molar-refractivity contribution < 1.29 is 23.9 Å². The zero-order valence-electron chi connectivity index (χ0n) is 15.7. The Balaban J connectivity index is 2.12. The highest BCUT2D eigenvalue weighted by Gasteiger charge is 2.79. The Morgan fingerprint density at radius 2 is 1.54 bits per heavy atom. The maximum absolute atomic E-state index is 13.3. The van der Waals surface area contributed by atoms with E-state index in [1.165, 1.54) is 0 Å². The second kappa shape index (κ2) is 8.27. The van der Waals surface area contributed by atoms with Crippen LogP contribution in [0.3, 0.4) is 0 Å². The summed E-state index contributed by atoms with van der Waals surface area (Å²) in [5, 5.41) is 0. The molecule has 0 spiro atoms. The number of carbonyl (C=O) groups excluding carboxylic acids is 3. The third-order valence-electron chi connectivity index (χ3n) is 4.98. The summed E-state index contributed by atoms with van der Waals surface area (Å²) in [5.41, 5.74) is -0.507. The number of ether oxygens (including phenoxy) is 2. The molecule has 0 bridgehead atoms. The zero-order chi connectivity index (χ0) is 20.3. The van der Waals surface area contributed by atoms with E-state index in [0.29, 0.717) is 11.1 Å². The molecule has 0 heterocycles. The molecule has 0 amide bonds. The summed E-state index contributed by atoms with van der Waals surface area (Å²) in [6.07, 6.45) is 0. The normalized spacial score (nSPS) is 19.5. The van der Waals surface area contributed by atoms with Crippen molar-refractivity contribution in [3.63, 3.8) is 0 Å². The summed E-state index contributed by atoms with van der Waals surface area (Å²) in [6, 6.07) is 15.9. The molecule has 5 nitrogen and oxygen atoms in total. The fraction of sp³-hybridized carbons (Fsp3) is 0.318. The Morgan fingerprint density at radius 3 is 2.07 bits per heavy atom. The summed E-state index contributed by atoms with van der Waals surface area (Å²) in [5.74, 6) is -3.22. The zero-order valence-corrected chi connectivity index (χ0v) is 17.3. The van der Waals surface area contributed by atoms with Crippen LogP contribution >= 0.6 is 15.9 Å². The molecule has 2 atom stereocenters. The van der Waals surface area contributed by atoms with Gasteiger partial charge in [-0.25, -0.2) is 0 Å². The number of halogens is 1. The molecule has 1 fully saturated rings. The molecule has 0 aromatic heterocycles. The first-order chi connectivity index (χ1) is 13.5. The maximum Gasteiger partial charge on any atom is 0.324 e. The van der Waals surface area contributed by atoms with Gasteiger partial charge in [0.15, 0.2) is 11.2 Å². The smallest absolute Gasteiger partial charge is 0.324 e. The van der Waals surface area contributed by atoms with Gasteiger partial charge in [-0.3, -0.25) is 14.4 Å². The minimum atomic E-state index is -1.67. The lowest BCUT2D eigenvalue weighted by Crippen LogP contribution is -2.34. The van der Waals surface area contributed by atoms with Gasteiger partial charge in [-0.15, -0.1) is 0 Å². The predicted molar refractivity (Wildman–Crippen MR) is 107 cm³/mol. The minimum absolute atomic E-state index is 0.109. The van der Waals surface area contributed by atoms with Gasteiger partial charge in [0.25, 0.3) is 0 Å². The van der Waals surface area contributed by atoms with Gasteiger partial charge >= 0.3 is 11.9 Å². The Hall–Kier alpha value is -2.47. The van der Waals surface area contributed by atoms with Gasteiger partial charge in [-0.05, 0) is 31.5 Å². The molecule has 0 N–H and O–H groups in total. The Kier molecular flexibility index (Phi) is 5.98. The van der Waals surface area contributed by atoms with Crippen LogP contribution in [0.25, 0.3) is 0 Å². The molecule has 1 saturated carbocycles. The third kappa shape index (κ3) is 3.37. The largest absolute Gasteiger partial charge is 0.465 e. The molecule has 6 heteroatoms. The number of ketones is 1. The van der Waals surface area contributed by atoms with Crippen molar-refractivity contribution in [1.82, 2.24) is 0 Å². The van der Waals surface area contributed by atoms with E-state index in [1.807, 2.05) is 18.2 Å². The van der Waals surface area contributed by atoms with Gasteiger partial charge in [-0.1, -0.05) is 58.4 Å². The monoisotopic (exact) mass is 444 g/mol. The van der Waals surface area contributed by atoms with E-state index >= 15 is 0 Å². The Labute approximate surface area is 172 Å². The van der Waals surface area contributed by atoms with Crippen molar-refractivity contribution in [1.29, 1.82) is 0 Å². The van der Waals surface area contributed by atoms with E-state index in [1.54, 1.807) is 50.2 Å². The molecule has 1 aliphatic carbocycles. The van der Waals surface area contributed by atoms with Gasteiger partial charge in [-0.2, -0.15) is 0 Å². The summed E-state index contributed by atoms with van der Waals surface area (Å²) in [6.45, 7) is 3.55. The SMILES string of the molecule is CCOC(=O)C1(C(=O)OCC)[C@H](C(=O)c2ccccc2)[C@H]1c1cccc(Br)c1. The summed E-state index contributed by atoms with van der Waals surface area (Å²) in [4.78, 5) is 39.2. The molecule has 0 aliphatic heterocycles. The first-order valence-electron chi connectivity index (χ1n) is 9.17. The Bertz CT molecular complexity index is 875. The van der Waals surface area contributed by atoms with Crippen LogP contribution in [0, 0.1) is 11.3 Å². The van der Waals surface area contributed by atoms with E-state index in [0.717, 1.165) is 4.47 Å². The van der Waals surface area contributed by atoms with Crippen molar-refractivity contribution in [3.05, 3.63) is 70.2 Å². The van der Waals surface area contributed by atoms with Crippen molar-refractivity contribution in [2.24, 2.45) is 11.3 Å². The van der Waals surface area contributed by atoms with E-state index in [2.05, 4.69) is 15.9 Å². The molecule has 1 aliphatic rings. The summed E-state index contributed by atoms with van der Waals surface area (Å²) < 4.78 is 11.3. The molecular formula is C22H21BrO5. The van der Waals surface area contributed by atoms with Crippen LogP contribution in [0.5, 0.6) is 0 Å². The van der Waals surface area contributed by atoms with Crippen LogP contribution in [0.2, 0.25) is 0 Å². The standard InChI is InChI=1S/C22H21BrO5/c1-3-27-20(25)22(21(26)28-4-2)17(15-11-8-12-16(23)13-15)18(22)19(24)14-9-6-5-7-10-14/h5-13,17-18H,3-4H2,1-2H3/t17-,18+/m1/s1. The molecule has 28 heavy (non-hydrogen) atoms. The van der Waals surface area contributed by atoms with Gasteiger partial charge in [0.1, 0.15) is 0 Å². The second-order valence-electron chi connectivity index (χ2n) is 6.55. The molecule has 146 valence electrons. The number of carbonyl (C=O) groups is 3. The van der Waals surface area contributed by atoms with Gasteiger partial charge < -0.3 is 9.47 Å². The lowest BCUT2D eigenvalue weighted by molar-refractivity contribution is -0.165. The number of rotatable bonds is 7. The molecule has 2 aromatic rings. The second-order valence-corrected chi connectivity index (χ2v) is 7.47. The Morgan fingerprint density at radius 1 is 0.929 bits per heavy atom. The van der Waals surface area contributed by atoms with E-state index < -0.39 is 29.2 Å². The number of Topliss-reactive ketones (excluding diaryl/α,β-unsaturated/α-hetero) is 1. The molecule has 2 aromatic carbocycles. The highest BCUT2D eigenvalue weighted by molar-refractivity contribution is 9.10. The van der Waals surface area contributed by atoms with E-state index in [4.69, 9.17) is 9.47 Å². The average Bonchev–Trinajstić information content (AvgIpc) is 3.40. The summed E-state index contributed by atoms with van der Waals surface area (Å²) >= 11 is 3.42. The molecule has 0 unspecified atom stereocenters. The topological polar surface area (TPSA) is 69.7 Å². The predicted octanol–water partition coefficient (Wildman–Crippen LogP) is 4.16. The quantitative estimate of drug-likeness (QED) is 0.364. The first kappa shape index (κ1) is 20.3.